The third kappa shape index (κ3) is 6.73. The van der Waals surface area contributed by atoms with Gasteiger partial charge in [-0.1, -0.05) is 17.2 Å². The molecule has 3 aromatic rings. The SMILES string of the molecule is CC[N@+](C)(C[C@@](O)(Cn1cncn1)c1ccc(F)cc1F)/N=C(\[O-])c1ccc(OC(F)(F)F)cc1. The molecule has 8 nitrogen and oxygen atoms in total. The molecule has 13 heteroatoms. The summed E-state index contributed by atoms with van der Waals surface area (Å²) < 4.78 is 69.9. The van der Waals surface area contributed by atoms with Crippen LogP contribution in [0.3, 0.4) is 0 Å². The van der Waals surface area contributed by atoms with Crippen molar-refractivity contribution in [2.45, 2.75) is 25.4 Å². The van der Waals surface area contributed by atoms with Crippen LogP contribution in [0.4, 0.5) is 22.0 Å². The molecule has 1 N–H and O–H groups in total. The first-order valence-electron chi connectivity index (χ1n) is 10.3. The molecule has 0 spiro atoms. The van der Waals surface area contributed by atoms with Crippen LogP contribution in [0, 0.1) is 11.6 Å². The third-order valence-corrected chi connectivity index (χ3v) is 5.27. The summed E-state index contributed by atoms with van der Waals surface area (Å²) >= 11 is 0. The van der Waals surface area contributed by atoms with E-state index in [0.717, 1.165) is 36.4 Å². The van der Waals surface area contributed by atoms with E-state index in [1.54, 1.807) is 6.92 Å². The maximum atomic E-state index is 14.7. The Hall–Kier alpha value is -3.58. The topological polar surface area (TPSA) is 95.6 Å². The van der Waals surface area contributed by atoms with Crippen molar-refractivity contribution in [3.05, 3.63) is 77.9 Å². The van der Waals surface area contributed by atoms with Gasteiger partial charge in [-0.3, -0.25) is 0 Å². The number of ether oxygens (including phenoxy) is 1. The zero-order chi connectivity index (χ0) is 25.9. The first kappa shape index (κ1) is 26.0. The van der Waals surface area contributed by atoms with E-state index in [2.05, 4.69) is 19.9 Å². The van der Waals surface area contributed by atoms with Crippen molar-refractivity contribution in [3.63, 3.8) is 0 Å². The predicted octanol–water partition coefficient (Wildman–Crippen LogP) is 2.53. The van der Waals surface area contributed by atoms with Crippen molar-refractivity contribution in [3.8, 4) is 5.75 Å². The summed E-state index contributed by atoms with van der Waals surface area (Å²) in [6.45, 7) is 1.24. The van der Waals surface area contributed by atoms with Crippen LogP contribution in [0.2, 0.25) is 0 Å². The van der Waals surface area contributed by atoms with Gasteiger partial charge in [0.2, 0.25) is 0 Å². The van der Waals surface area contributed by atoms with E-state index in [0.29, 0.717) is 6.07 Å². The van der Waals surface area contributed by atoms with Crippen LogP contribution in [0.25, 0.3) is 0 Å². The molecule has 2 atom stereocenters. The maximum Gasteiger partial charge on any atom is 0.573 e. The summed E-state index contributed by atoms with van der Waals surface area (Å²) in [6.07, 6.45) is -2.36. The Morgan fingerprint density at radius 1 is 1.17 bits per heavy atom. The van der Waals surface area contributed by atoms with E-state index >= 15 is 0 Å². The lowest BCUT2D eigenvalue weighted by Crippen LogP contribution is -2.52. The van der Waals surface area contributed by atoms with Gasteiger partial charge in [0.1, 0.15) is 43.1 Å². The average molecular weight is 499 g/mol. The molecule has 35 heavy (non-hydrogen) atoms. The number of aromatic nitrogens is 3. The lowest BCUT2D eigenvalue weighted by Gasteiger charge is -2.37. The Morgan fingerprint density at radius 3 is 2.40 bits per heavy atom. The van der Waals surface area contributed by atoms with Crippen LogP contribution >= 0.6 is 0 Å². The smallest absolute Gasteiger partial charge is 0.573 e. The van der Waals surface area contributed by atoms with Crippen molar-refractivity contribution < 1.29 is 41.5 Å². The van der Waals surface area contributed by atoms with Gasteiger partial charge < -0.3 is 14.9 Å². The van der Waals surface area contributed by atoms with Gasteiger partial charge in [-0.2, -0.15) is 9.69 Å². The van der Waals surface area contributed by atoms with E-state index in [-0.39, 0.29) is 30.8 Å². The van der Waals surface area contributed by atoms with Crippen molar-refractivity contribution in [2.75, 3.05) is 20.1 Å². The highest BCUT2D eigenvalue weighted by molar-refractivity contribution is 5.90. The molecule has 3 rings (SSSR count). The number of hydrogen-bond donors (Lipinski definition) is 1. The number of likely N-dealkylation sites (N-methyl/N-ethyl adjacent to an activating group) is 1. The number of halogens is 5. The molecule has 1 aromatic heterocycles. The number of hydrogen-bond acceptors (Lipinski definition) is 6. The minimum absolute atomic E-state index is 0.0231. The van der Waals surface area contributed by atoms with Crippen LogP contribution in [0.15, 0.2) is 60.2 Å². The Bertz CT molecular complexity index is 1170. The van der Waals surface area contributed by atoms with Crippen LogP contribution in [-0.2, 0) is 12.1 Å². The Kier molecular flexibility index (Phi) is 7.41. The highest BCUT2D eigenvalue weighted by Crippen LogP contribution is 2.30. The molecule has 0 aliphatic rings. The highest BCUT2D eigenvalue weighted by Gasteiger charge is 2.41. The van der Waals surface area contributed by atoms with E-state index in [1.807, 2.05) is 0 Å². The van der Waals surface area contributed by atoms with Gasteiger partial charge in [0, 0.05) is 11.6 Å². The fraction of sp³-hybridized carbons (Fsp3) is 0.318. The molecule has 188 valence electrons. The fourth-order valence-electron chi connectivity index (χ4n) is 3.53. The minimum Gasteiger partial charge on any atom is -0.855 e. The Morgan fingerprint density at radius 2 is 1.86 bits per heavy atom. The third-order valence-electron chi connectivity index (χ3n) is 5.27. The van der Waals surface area contributed by atoms with E-state index in [4.69, 9.17) is 0 Å². The summed E-state index contributed by atoms with van der Waals surface area (Å²) in [4.78, 5) is 3.79. The zero-order valence-electron chi connectivity index (χ0n) is 18.7. The molecule has 0 saturated heterocycles. The monoisotopic (exact) mass is 499 g/mol. The van der Waals surface area contributed by atoms with Gasteiger partial charge in [-0.25, -0.2) is 18.4 Å². The Balaban J connectivity index is 1.94. The van der Waals surface area contributed by atoms with Gasteiger partial charge in [-0.05, 0) is 36.8 Å². The molecule has 1 heterocycles. The van der Waals surface area contributed by atoms with Gasteiger partial charge in [-0.15, -0.1) is 13.2 Å². The number of nitrogens with zero attached hydrogens (tertiary/aromatic N) is 5. The molecule has 0 aliphatic heterocycles. The van der Waals surface area contributed by atoms with E-state index in [9.17, 15) is 32.2 Å². The molecule has 0 unspecified atom stereocenters. The van der Waals surface area contributed by atoms with E-state index < -0.39 is 39.8 Å². The van der Waals surface area contributed by atoms with Crippen molar-refractivity contribution >= 4 is 5.90 Å². The second-order valence-corrected chi connectivity index (χ2v) is 8.04. The molecule has 0 radical (unpaired) electrons. The fourth-order valence-corrected chi connectivity index (χ4v) is 3.53. The van der Waals surface area contributed by atoms with Crippen LogP contribution in [0.5, 0.6) is 5.75 Å². The minimum atomic E-state index is -4.88. The molecule has 0 fully saturated rings. The first-order valence-corrected chi connectivity index (χ1v) is 10.3. The second-order valence-electron chi connectivity index (χ2n) is 8.04. The standard InChI is InChI=1S/C22H22F5N5O3/c1-3-32(2,30-20(33)15-4-7-17(8-5-15)35-22(25,26)27)12-21(34,11-31-14-28-13-29-31)18-9-6-16(23)10-19(18)24/h4-10,13-14,34H,3,11-12H2,1-2H3/t21-,32+/m0/s1. The number of alkyl halides is 3. The summed E-state index contributed by atoms with van der Waals surface area (Å²) in [5.41, 5.74) is -2.25. The number of benzene rings is 2. The molecule has 0 aliphatic carbocycles. The van der Waals surface area contributed by atoms with Gasteiger partial charge in [0.05, 0.1) is 19.5 Å². The maximum absolute atomic E-state index is 14.7. The molecular weight excluding hydrogens is 477 g/mol. The largest absolute Gasteiger partial charge is 0.855 e. The van der Waals surface area contributed by atoms with Crippen molar-refractivity contribution in [1.82, 2.24) is 14.8 Å². The van der Waals surface area contributed by atoms with E-state index in [1.165, 1.54) is 24.4 Å². The lowest BCUT2D eigenvalue weighted by molar-refractivity contribution is -0.922. The summed E-state index contributed by atoms with van der Waals surface area (Å²) in [6, 6.07) is 6.91. The molecule has 0 amide bonds. The van der Waals surface area contributed by atoms with Gasteiger partial charge >= 0.3 is 6.36 Å². The summed E-state index contributed by atoms with van der Waals surface area (Å²) in [5.74, 6) is -3.12. The highest BCUT2D eigenvalue weighted by atomic mass is 19.4. The van der Waals surface area contributed by atoms with Gasteiger partial charge in [0.25, 0.3) is 0 Å². The lowest BCUT2D eigenvalue weighted by atomic mass is 9.92. The van der Waals surface area contributed by atoms with Crippen LogP contribution < -0.4 is 9.84 Å². The number of aliphatic hydroxyl groups is 1. The zero-order valence-corrected chi connectivity index (χ0v) is 18.7. The van der Waals surface area contributed by atoms with Crippen molar-refractivity contribution in [1.29, 1.82) is 0 Å². The molecule has 0 bridgehead atoms. The second kappa shape index (κ2) is 9.96. The summed E-state index contributed by atoms with van der Waals surface area (Å²) in [5, 5.41) is 32.4. The van der Waals surface area contributed by atoms with Crippen LogP contribution in [0.1, 0.15) is 18.1 Å². The van der Waals surface area contributed by atoms with Crippen molar-refractivity contribution in [2.24, 2.45) is 5.10 Å². The number of quaternary nitrogens is 1. The average Bonchev–Trinajstić information content (AvgIpc) is 3.25. The summed E-state index contributed by atoms with van der Waals surface area (Å²) in [7, 11) is 1.51. The molecular formula is C22H22F5N5O3. The predicted molar refractivity (Wildman–Crippen MR) is 112 cm³/mol. The van der Waals surface area contributed by atoms with Gasteiger partial charge in [0.15, 0.2) is 5.60 Å². The molecule has 2 aromatic carbocycles. The Labute approximate surface area is 197 Å². The first-order chi connectivity index (χ1) is 16.3. The number of rotatable bonds is 9. The normalized spacial score (nSPS) is 15.9. The molecule has 0 saturated carbocycles. The van der Waals surface area contributed by atoms with Crippen LogP contribution in [-0.4, -0.2) is 56.9 Å². The quantitative estimate of drug-likeness (QED) is 0.161.